The van der Waals surface area contributed by atoms with Gasteiger partial charge in [0, 0.05) is 12.3 Å². The second-order valence-electron chi connectivity index (χ2n) is 5.27. The van der Waals surface area contributed by atoms with Crippen LogP contribution in [0.2, 0.25) is 0 Å². The maximum atomic E-state index is 12.1. The lowest BCUT2D eigenvalue weighted by Crippen LogP contribution is -2.19. The van der Waals surface area contributed by atoms with Gasteiger partial charge in [0.25, 0.3) is 0 Å². The summed E-state index contributed by atoms with van der Waals surface area (Å²) >= 11 is 0. The summed E-state index contributed by atoms with van der Waals surface area (Å²) in [5.74, 6) is 2.03. The lowest BCUT2D eigenvalue weighted by atomic mass is 9.76. The molecule has 0 spiro atoms. The van der Waals surface area contributed by atoms with Crippen molar-refractivity contribution in [3.8, 4) is 0 Å². The van der Waals surface area contributed by atoms with Crippen molar-refractivity contribution in [3.05, 3.63) is 35.9 Å². The van der Waals surface area contributed by atoms with Gasteiger partial charge in [-0.05, 0) is 30.2 Å². The third-order valence-corrected chi connectivity index (χ3v) is 4.36. The van der Waals surface area contributed by atoms with Crippen LogP contribution in [0.5, 0.6) is 0 Å². The molecule has 1 nitrogen and oxygen atoms in total. The van der Waals surface area contributed by atoms with Crippen LogP contribution in [-0.2, 0) is 4.79 Å². The fourth-order valence-electron chi connectivity index (χ4n) is 3.65. The van der Waals surface area contributed by atoms with Crippen molar-refractivity contribution >= 4 is 5.78 Å². The van der Waals surface area contributed by atoms with Crippen LogP contribution in [0.25, 0.3) is 0 Å². The Morgan fingerprint density at radius 1 is 1.00 bits per heavy atom. The molecule has 2 aliphatic rings. The zero-order valence-electron chi connectivity index (χ0n) is 9.56. The number of Topliss-reactive ketones (excluding diaryl/α,β-unsaturated/α-hetero) is 1. The standard InChI is InChI=1S/C15H18O/c16-14-10-12-8-4-5-9-13(12)15(14)11-6-2-1-3-7-11/h1-3,6-7,12-13,15H,4-5,8-10H2. The summed E-state index contributed by atoms with van der Waals surface area (Å²) in [7, 11) is 0. The number of fused-ring (bicyclic) bond motifs is 1. The van der Waals surface area contributed by atoms with E-state index in [1.54, 1.807) is 0 Å². The molecule has 0 aromatic heterocycles. The van der Waals surface area contributed by atoms with E-state index in [4.69, 9.17) is 0 Å². The van der Waals surface area contributed by atoms with Gasteiger partial charge in [0.15, 0.2) is 0 Å². The Bertz CT molecular complexity index is 382. The van der Waals surface area contributed by atoms with Gasteiger partial charge in [-0.2, -0.15) is 0 Å². The second kappa shape index (κ2) is 4.04. The fraction of sp³-hybridized carbons (Fsp3) is 0.533. The summed E-state index contributed by atoms with van der Waals surface area (Å²) < 4.78 is 0. The molecular weight excluding hydrogens is 196 g/mol. The normalized spacial score (nSPS) is 33.8. The minimum atomic E-state index is 0.214. The molecule has 0 radical (unpaired) electrons. The highest BCUT2D eigenvalue weighted by molar-refractivity contribution is 5.88. The molecular formula is C15H18O. The molecule has 0 N–H and O–H groups in total. The Kier molecular flexibility index (Phi) is 2.55. The van der Waals surface area contributed by atoms with Crippen molar-refractivity contribution in [2.75, 3.05) is 0 Å². The summed E-state index contributed by atoms with van der Waals surface area (Å²) in [6.45, 7) is 0. The highest BCUT2D eigenvalue weighted by atomic mass is 16.1. The molecule has 84 valence electrons. The predicted molar refractivity (Wildman–Crippen MR) is 64.3 cm³/mol. The molecule has 16 heavy (non-hydrogen) atoms. The highest BCUT2D eigenvalue weighted by Gasteiger charge is 2.43. The molecule has 1 aromatic rings. The Morgan fingerprint density at radius 3 is 2.56 bits per heavy atom. The minimum absolute atomic E-state index is 0.214. The van der Waals surface area contributed by atoms with Crippen molar-refractivity contribution < 1.29 is 4.79 Å². The molecule has 0 aliphatic heterocycles. The van der Waals surface area contributed by atoms with Crippen LogP contribution >= 0.6 is 0 Å². The third kappa shape index (κ3) is 1.59. The molecule has 0 amide bonds. The quantitative estimate of drug-likeness (QED) is 0.698. The Morgan fingerprint density at radius 2 is 1.75 bits per heavy atom. The van der Waals surface area contributed by atoms with Gasteiger partial charge < -0.3 is 0 Å². The van der Waals surface area contributed by atoms with Crippen molar-refractivity contribution in [2.45, 2.75) is 38.0 Å². The topological polar surface area (TPSA) is 17.1 Å². The molecule has 1 heteroatoms. The predicted octanol–water partition coefficient (Wildman–Crippen LogP) is 3.55. The number of benzene rings is 1. The van der Waals surface area contributed by atoms with E-state index >= 15 is 0 Å². The zero-order valence-corrected chi connectivity index (χ0v) is 9.56. The van der Waals surface area contributed by atoms with E-state index in [0.717, 1.165) is 6.42 Å². The second-order valence-corrected chi connectivity index (χ2v) is 5.27. The van der Waals surface area contributed by atoms with Crippen molar-refractivity contribution in [2.24, 2.45) is 11.8 Å². The summed E-state index contributed by atoms with van der Waals surface area (Å²) in [5.41, 5.74) is 1.25. The lowest BCUT2D eigenvalue weighted by Gasteiger charge is -2.28. The van der Waals surface area contributed by atoms with Gasteiger partial charge in [-0.25, -0.2) is 0 Å². The summed E-state index contributed by atoms with van der Waals surface area (Å²) in [4.78, 5) is 12.1. The largest absolute Gasteiger partial charge is 0.299 e. The number of carbonyl (C=O) groups is 1. The Labute approximate surface area is 96.9 Å². The molecule has 2 saturated carbocycles. The summed E-state index contributed by atoms with van der Waals surface area (Å²) in [6, 6.07) is 10.4. The zero-order chi connectivity index (χ0) is 11.0. The number of ketones is 1. The van der Waals surface area contributed by atoms with E-state index in [9.17, 15) is 4.79 Å². The van der Waals surface area contributed by atoms with Gasteiger partial charge in [0.05, 0.1) is 0 Å². The van der Waals surface area contributed by atoms with Crippen LogP contribution in [-0.4, -0.2) is 5.78 Å². The molecule has 2 fully saturated rings. The molecule has 3 atom stereocenters. The van der Waals surface area contributed by atoms with E-state index in [1.165, 1.54) is 31.2 Å². The van der Waals surface area contributed by atoms with E-state index in [2.05, 4.69) is 24.3 Å². The summed E-state index contributed by atoms with van der Waals surface area (Å²) in [5, 5.41) is 0. The van der Waals surface area contributed by atoms with E-state index in [-0.39, 0.29) is 5.92 Å². The van der Waals surface area contributed by atoms with Crippen LogP contribution in [0.1, 0.15) is 43.6 Å². The molecule has 0 bridgehead atoms. The third-order valence-electron chi connectivity index (χ3n) is 4.36. The van der Waals surface area contributed by atoms with Gasteiger partial charge in [-0.1, -0.05) is 43.2 Å². The smallest absolute Gasteiger partial charge is 0.140 e. The van der Waals surface area contributed by atoms with Crippen molar-refractivity contribution in [3.63, 3.8) is 0 Å². The van der Waals surface area contributed by atoms with Gasteiger partial charge in [0.1, 0.15) is 5.78 Å². The van der Waals surface area contributed by atoms with Gasteiger partial charge in [-0.15, -0.1) is 0 Å². The molecule has 0 saturated heterocycles. The number of carbonyl (C=O) groups excluding carboxylic acids is 1. The number of rotatable bonds is 1. The van der Waals surface area contributed by atoms with Crippen LogP contribution in [0.3, 0.4) is 0 Å². The van der Waals surface area contributed by atoms with Gasteiger partial charge in [-0.3, -0.25) is 4.79 Å². The first-order valence-corrected chi connectivity index (χ1v) is 6.44. The molecule has 3 unspecified atom stereocenters. The first-order valence-electron chi connectivity index (χ1n) is 6.44. The lowest BCUT2D eigenvalue weighted by molar-refractivity contribution is -0.119. The van der Waals surface area contributed by atoms with Gasteiger partial charge in [0.2, 0.25) is 0 Å². The van der Waals surface area contributed by atoms with Crippen LogP contribution in [0, 0.1) is 11.8 Å². The molecule has 1 aromatic carbocycles. The first kappa shape index (κ1) is 10.1. The van der Waals surface area contributed by atoms with Crippen LogP contribution in [0.4, 0.5) is 0 Å². The maximum absolute atomic E-state index is 12.1. The van der Waals surface area contributed by atoms with E-state index < -0.39 is 0 Å². The maximum Gasteiger partial charge on any atom is 0.140 e. The average Bonchev–Trinajstić information content (AvgIpc) is 2.66. The van der Waals surface area contributed by atoms with E-state index in [1.807, 2.05) is 6.07 Å². The first-order chi connectivity index (χ1) is 7.86. The van der Waals surface area contributed by atoms with E-state index in [0.29, 0.717) is 17.6 Å². The fourth-order valence-corrected chi connectivity index (χ4v) is 3.65. The highest BCUT2D eigenvalue weighted by Crippen LogP contribution is 2.48. The van der Waals surface area contributed by atoms with Crippen LogP contribution < -0.4 is 0 Å². The van der Waals surface area contributed by atoms with Crippen LogP contribution in [0.15, 0.2) is 30.3 Å². The van der Waals surface area contributed by atoms with Crippen molar-refractivity contribution in [1.29, 1.82) is 0 Å². The average molecular weight is 214 g/mol. The number of hydrogen-bond donors (Lipinski definition) is 0. The number of hydrogen-bond acceptors (Lipinski definition) is 1. The monoisotopic (exact) mass is 214 g/mol. The van der Waals surface area contributed by atoms with Crippen molar-refractivity contribution in [1.82, 2.24) is 0 Å². The minimum Gasteiger partial charge on any atom is -0.299 e. The molecule has 0 heterocycles. The molecule has 2 aliphatic carbocycles. The SMILES string of the molecule is O=C1CC2CCCCC2C1c1ccccc1. The Hall–Kier alpha value is -1.11. The Balaban J connectivity index is 1.91. The molecule has 3 rings (SSSR count). The summed E-state index contributed by atoms with van der Waals surface area (Å²) in [6.07, 6.45) is 6.02. The van der Waals surface area contributed by atoms with Gasteiger partial charge >= 0.3 is 0 Å².